The van der Waals surface area contributed by atoms with Gasteiger partial charge in [-0.25, -0.2) is 0 Å². The van der Waals surface area contributed by atoms with Crippen molar-refractivity contribution in [1.29, 1.82) is 0 Å². The highest BCUT2D eigenvalue weighted by molar-refractivity contribution is 9.10. The zero-order chi connectivity index (χ0) is 11.5. The molecule has 0 saturated carbocycles. The number of halogens is 1. The van der Waals surface area contributed by atoms with E-state index < -0.39 is 0 Å². The molecule has 2 rings (SSSR count). The molecule has 0 radical (unpaired) electrons. The third-order valence-electron chi connectivity index (χ3n) is 2.59. The van der Waals surface area contributed by atoms with E-state index in [2.05, 4.69) is 22.2 Å². The molecule has 0 spiro atoms. The summed E-state index contributed by atoms with van der Waals surface area (Å²) in [6.45, 7) is 0. The van der Waals surface area contributed by atoms with E-state index in [0.717, 1.165) is 22.4 Å². The van der Waals surface area contributed by atoms with Gasteiger partial charge < -0.3 is 4.74 Å². The number of fused-ring (bicyclic) bond motifs is 1. The highest BCUT2D eigenvalue weighted by atomic mass is 79.9. The molecule has 2 nitrogen and oxygen atoms in total. The summed E-state index contributed by atoms with van der Waals surface area (Å²) in [7, 11) is 0. The van der Waals surface area contributed by atoms with E-state index in [0.29, 0.717) is 12.0 Å². The molecule has 86 valence electrons. The van der Waals surface area contributed by atoms with Crippen LogP contribution in [0.4, 0.5) is 0 Å². The van der Waals surface area contributed by atoms with E-state index in [-0.39, 0.29) is 11.9 Å². The Hall–Kier alpha value is -0.480. The number of Topliss-reactive ketones (excluding diaryl/α,β-unsaturated/α-hetero) is 1. The van der Waals surface area contributed by atoms with E-state index in [9.17, 15) is 4.79 Å². The van der Waals surface area contributed by atoms with Crippen molar-refractivity contribution in [3.8, 4) is 5.75 Å². The molecular weight excluding hydrogens is 288 g/mol. The molecule has 1 heterocycles. The molecule has 1 aromatic carbocycles. The molecule has 4 heteroatoms. The first-order valence-corrected chi connectivity index (χ1v) is 7.37. The Balaban J connectivity index is 2.17. The van der Waals surface area contributed by atoms with Crippen LogP contribution in [0.1, 0.15) is 23.2 Å². The van der Waals surface area contributed by atoms with Gasteiger partial charge in [-0.15, -0.1) is 0 Å². The Bertz CT molecular complexity index is 406. The van der Waals surface area contributed by atoms with Crippen molar-refractivity contribution >= 4 is 33.5 Å². The van der Waals surface area contributed by atoms with Crippen LogP contribution < -0.4 is 4.74 Å². The van der Waals surface area contributed by atoms with Crippen LogP contribution in [-0.2, 0) is 0 Å². The molecule has 0 N–H and O–H groups in total. The summed E-state index contributed by atoms with van der Waals surface area (Å²) in [5.41, 5.74) is 0.712. The lowest BCUT2D eigenvalue weighted by atomic mass is 10.00. The number of hydrogen-bond donors (Lipinski definition) is 0. The highest BCUT2D eigenvalue weighted by Gasteiger charge is 2.25. The van der Waals surface area contributed by atoms with Crippen molar-refractivity contribution in [2.24, 2.45) is 0 Å². The minimum atomic E-state index is 0.0433. The van der Waals surface area contributed by atoms with Crippen LogP contribution in [0.15, 0.2) is 22.7 Å². The zero-order valence-electron chi connectivity index (χ0n) is 9.03. The lowest BCUT2D eigenvalue weighted by Crippen LogP contribution is -2.27. The lowest BCUT2D eigenvalue weighted by molar-refractivity contribution is 0.0847. The summed E-state index contributed by atoms with van der Waals surface area (Å²) in [6, 6.07) is 5.58. The fraction of sp³-hybridized carbons (Fsp3) is 0.417. The van der Waals surface area contributed by atoms with Gasteiger partial charge in [-0.3, -0.25) is 4.79 Å². The molecule has 1 unspecified atom stereocenters. The number of ether oxygens (including phenoxy) is 1. The van der Waals surface area contributed by atoms with Gasteiger partial charge in [0.2, 0.25) is 0 Å². The summed E-state index contributed by atoms with van der Waals surface area (Å²) < 4.78 is 6.77. The smallest absolute Gasteiger partial charge is 0.170 e. The van der Waals surface area contributed by atoms with Gasteiger partial charge in [-0.1, -0.05) is 15.9 Å². The molecule has 16 heavy (non-hydrogen) atoms. The molecule has 1 atom stereocenters. The zero-order valence-corrected chi connectivity index (χ0v) is 11.4. The Kier molecular flexibility index (Phi) is 3.92. The number of thioether (sulfide) groups is 1. The first-order valence-electron chi connectivity index (χ1n) is 5.19. The minimum absolute atomic E-state index is 0.0433. The largest absolute Gasteiger partial charge is 0.489 e. The topological polar surface area (TPSA) is 26.3 Å². The average Bonchev–Trinajstić information content (AvgIpc) is 2.25. The Morgan fingerprint density at radius 1 is 1.56 bits per heavy atom. The van der Waals surface area contributed by atoms with Crippen LogP contribution in [0.5, 0.6) is 5.75 Å². The number of rotatable bonds is 3. The van der Waals surface area contributed by atoms with Gasteiger partial charge in [-0.2, -0.15) is 11.8 Å². The lowest BCUT2D eigenvalue weighted by Gasteiger charge is -2.25. The van der Waals surface area contributed by atoms with Gasteiger partial charge in [0.15, 0.2) is 5.78 Å². The number of ketones is 1. The molecule has 0 saturated heterocycles. The van der Waals surface area contributed by atoms with Crippen LogP contribution in [-0.4, -0.2) is 23.9 Å². The maximum absolute atomic E-state index is 11.9. The van der Waals surface area contributed by atoms with E-state index in [1.807, 2.05) is 18.2 Å². The SMILES string of the molecule is CSCCC1CC(=O)c2ccc(Br)cc2O1. The summed E-state index contributed by atoms with van der Waals surface area (Å²) >= 11 is 5.17. The van der Waals surface area contributed by atoms with Gasteiger partial charge in [0, 0.05) is 10.9 Å². The predicted molar refractivity (Wildman–Crippen MR) is 70.5 cm³/mol. The van der Waals surface area contributed by atoms with Gasteiger partial charge >= 0.3 is 0 Å². The van der Waals surface area contributed by atoms with Crippen LogP contribution in [0.25, 0.3) is 0 Å². The van der Waals surface area contributed by atoms with Gasteiger partial charge in [0.1, 0.15) is 11.9 Å². The van der Waals surface area contributed by atoms with Gasteiger partial charge in [-0.05, 0) is 36.6 Å². The Morgan fingerprint density at radius 3 is 3.12 bits per heavy atom. The van der Waals surface area contributed by atoms with E-state index in [1.54, 1.807) is 11.8 Å². The molecule has 0 fully saturated rings. The van der Waals surface area contributed by atoms with Crippen molar-refractivity contribution in [2.45, 2.75) is 18.9 Å². The molecule has 0 aromatic heterocycles. The third kappa shape index (κ3) is 2.61. The molecule has 0 aliphatic carbocycles. The highest BCUT2D eigenvalue weighted by Crippen LogP contribution is 2.31. The van der Waals surface area contributed by atoms with Gasteiger partial charge in [0.25, 0.3) is 0 Å². The van der Waals surface area contributed by atoms with Crippen molar-refractivity contribution in [1.82, 2.24) is 0 Å². The Labute approximate surface area is 108 Å². The van der Waals surface area contributed by atoms with E-state index in [4.69, 9.17) is 4.74 Å². The summed E-state index contributed by atoms with van der Waals surface area (Å²) in [4.78, 5) is 11.9. The fourth-order valence-electron chi connectivity index (χ4n) is 1.77. The summed E-state index contributed by atoms with van der Waals surface area (Å²) in [6.07, 6.45) is 3.55. The van der Waals surface area contributed by atoms with Gasteiger partial charge in [0.05, 0.1) is 5.56 Å². The predicted octanol–water partition coefficient (Wildman–Crippen LogP) is 3.54. The Morgan fingerprint density at radius 2 is 2.38 bits per heavy atom. The maximum atomic E-state index is 11.9. The van der Waals surface area contributed by atoms with Crippen molar-refractivity contribution in [2.75, 3.05) is 12.0 Å². The molecule has 1 aliphatic rings. The first-order chi connectivity index (χ1) is 7.70. The number of benzene rings is 1. The van der Waals surface area contributed by atoms with Crippen molar-refractivity contribution in [3.63, 3.8) is 0 Å². The van der Waals surface area contributed by atoms with Crippen molar-refractivity contribution in [3.05, 3.63) is 28.2 Å². The van der Waals surface area contributed by atoms with Crippen molar-refractivity contribution < 1.29 is 9.53 Å². The number of carbonyl (C=O) groups is 1. The summed E-state index contributed by atoms with van der Waals surface area (Å²) in [5.74, 6) is 1.94. The quantitative estimate of drug-likeness (QED) is 0.854. The van der Waals surface area contributed by atoms with E-state index in [1.165, 1.54) is 0 Å². The second-order valence-corrected chi connectivity index (χ2v) is 5.69. The number of carbonyl (C=O) groups excluding carboxylic acids is 1. The van der Waals surface area contributed by atoms with E-state index >= 15 is 0 Å². The maximum Gasteiger partial charge on any atom is 0.170 e. The molecule has 0 amide bonds. The average molecular weight is 301 g/mol. The van der Waals surface area contributed by atoms with Crippen LogP contribution >= 0.6 is 27.7 Å². The second-order valence-electron chi connectivity index (χ2n) is 3.79. The van der Waals surface area contributed by atoms with Crippen LogP contribution in [0.3, 0.4) is 0 Å². The van der Waals surface area contributed by atoms with Crippen LogP contribution in [0.2, 0.25) is 0 Å². The number of hydrogen-bond acceptors (Lipinski definition) is 3. The normalized spacial score (nSPS) is 19.1. The standard InChI is InChI=1S/C12H13BrO2S/c1-16-5-4-9-7-11(14)10-3-2-8(13)6-12(10)15-9/h2-3,6,9H,4-5,7H2,1H3. The minimum Gasteiger partial charge on any atom is -0.489 e. The second kappa shape index (κ2) is 5.23. The molecule has 1 aromatic rings. The summed E-state index contributed by atoms with van der Waals surface area (Å²) in [5, 5.41) is 0. The monoisotopic (exact) mass is 300 g/mol. The molecule has 0 bridgehead atoms. The fourth-order valence-corrected chi connectivity index (χ4v) is 2.61. The first kappa shape index (κ1) is 12.0. The molecule has 1 aliphatic heterocycles. The third-order valence-corrected chi connectivity index (χ3v) is 3.73. The van der Waals surface area contributed by atoms with Crippen LogP contribution in [0, 0.1) is 0 Å². The molecular formula is C12H13BrO2S.